The number of anilines is 1. The highest BCUT2D eigenvalue weighted by Gasteiger charge is 2.44. The van der Waals surface area contributed by atoms with Gasteiger partial charge in [-0.3, -0.25) is 4.90 Å². The topological polar surface area (TPSA) is 48.8 Å². The van der Waals surface area contributed by atoms with Crippen LogP contribution in [0.3, 0.4) is 0 Å². The molecule has 4 fully saturated rings. The van der Waals surface area contributed by atoms with Gasteiger partial charge in [0.25, 0.3) is 0 Å². The largest absolute Gasteiger partial charge is 0.380 e. The minimum absolute atomic E-state index is 0.268. The fourth-order valence-corrected chi connectivity index (χ4v) is 5.19. The van der Waals surface area contributed by atoms with Crippen molar-refractivity contribution in [2.45, 2.75) is 37.4 Å². The number of rotatable bonds is 4. The molecule has 2 aromatic rings. The molecule has 31 heavy (non-hydrogen) atoms. The van der Waals surface area contributed by atoms with Crippen molar-refractivity contribution in [2.75, 3.05) is 44.7 Å². The van der Waals surface area contributed by atoms with E-state index in [1.165, 1.54) is 5.56 Å². The highest BCUT2D eigenvalue weighted by atomic mass is 16.5. The van der Waals surface area contributed by atoms with Crippen LogP contribution in [0.15, 0.2) is 42.5 Å². The summed E-state index contributed by atoms with van der Waals surface area (Å²) in [6.45, 7) is 4.66. The van der Waals surface area contributed by atoms with Crippen LogP contribution < -0.4 is 4.90 Å². The summed E-state index contributed by atoms with van der Waals surface area (Å²) < 4.78 is 5.53. The van der Waals surface area contributed by atoms with E-state index in [0.29, 0.717) is 6.54 Å². The molecule has 2 bridgehead atoms. The van der Waals surface area contributed by atoms with Gasteiger partial charge in [0.2, 0.25) is 0 Å². The maximum atomic E-state index is 11.2. The van der Waals surface area contributed by atoms with Gasteiger partial charge in [-0.05, 0) is 50.0 Å². The number of hydrogen-bond donors (Lipinski definition) is 1. The normalized spacial score (nSPS) is 29.6. The number of hydrogen-bond acceptors (Lipinski definition) is 5. The van der Waals surface area contributed by atoms with E-state index in [2.05, 4.69) is 58.0 Å². The summed E-state index contributed by atoms with van der Waals surface area (Å²) in [6.07, 6.45) is 4.10. The average molecular weight is 418 g/mol. The maximum Gasteiger partial charge on any atom is 0.141 e. The molecule has 1 aromatic heterocycles. The van der Waals surface area contributed by atoms with Gasteiger partial charge in [0.05, 0.1) is 11.8 Å². The number of aromatic nitrogens is 1. The summed E-state index contributed by atoms with van der Waals surface area (Å²) >= 11 is 0. The van der Waals surface area contributed by atoms with Crippen LogP contribution in [0.2, 0.25) is 0 Å². The summed E-state index contributed by atoms with van der Waals surface area (Å²) in [6, 6.07) is 14.6. The molecule has 4 saturated heterocycles. The van der Waals surface area contributed by atoms with Gasteiger partial charge < -0.3 is 14.7 Å². The van der Waals surface area contributed by atoms with Crippen LogP contribution in [-0.2, 0) is 11.2 Å². The lowest BCUT2D eigenvalue weighted by molar-refractivity contribution is -0.0713. The molecule has 6 rings (SSSR count). The Labute approximate surface area is 185 Å². The molecule has 0 saturated carbocycles. The summed E-state index contributed by atoms with van der Waals surface area (Å²) in [7, 11) is 1.78. The molecule has 1 aromatic carbocycles. The Balaban J connectivity index is 1.45. The van der Waals surface area contributed by atoms with E-state index in [9.17, 15) is 5.11 Å². The third kappa shape index (κ3) is 4.34. The van der Waals surface area contributed by atoms with Gasteiger partial charge in [0.15, 0.2) is 0 Å². The minimum Gasteiger partial charge on any atom is -0.380 e. The fourth-order valence-electron chi connectivity index (χ4n) is 5.19. The van der Waals surface area contributed by atoms with Crippen LogP contribution >= 0.6 is 0 Å². The predicted octanol–water partition coefficient (Wildman–Crippen LogP) is 2.71. The molecule has 0 radical (unpaired) electrons. The van der Waals surface area contributed by atoms with Gasteiger partial charge in [-0.2, -0.15) is 0 Å². The number of fused-ring (bicyclic) bond motifs is 3. The SMILES string of the molecule is COC1CCN(c2ccc(C#C[C@@]3(O)CN4CCC3CC4)c(Cc3ccccc3)n2)C1. The molecule has 4 aliphatic rings. The van der Waals surface area contributed by atoms with Gasteiger partial charge in [-0.1, -0.05) is 42.2 Å². The van der Waals surface area contributed by atoms with Gasteiger partial charge in [0.1, 0.15) is 11.4 Å². The number of aliphatic hydroxyl groups is 1. The van der Waals surface area contributed by atoms with Gasteiger partial charge in [-0.25, -0.2) is 4.98 Å². The van der Waals surface area contributed by atoms with Crippen LogP contribution in [0.1, 0.15) is 36.1 Å². The molecule has 5 nitrogen and oxygen atoms in total. The first-order valence-electron chi connectivity index (χ1n) is 11.4. The van der Waals surface area contributed by atoms with E-state index < -0.39 is 5.60 Å². The predicted molar refractivity (Wildman–Crippen MR) is 122 cm³/mol. The lowest BCUT2D eigenvalue weighted by Gasteiger charge is -2.47. The van der Waals surface area contributed by atoms with Crippen molar-refractivity contribution in [3.8, 4) is 11.8 Å². The zero-order valence-electron chi connectivity index (χ0n) is 18.3. The van der Waals surface area contributed by atoms with Crippen LogP contribution in [0, 0.1) is 17.8 Å². The number of ether oxygens (including phenoxy) is 1. The van der Waals surface area contributed by atoms with Gasteiger partial charge >= 0.3 is 0 Å². The van der Waals surface area contributed by atoms with Crippen molar-refractivity contribution < 1.29 is 9.84 Å². The molecule has 0 aliphatic carbocycles. The molecule has 0 spiro atoms. The smallest absolute Gasteiger partial charge is 0.141 e. The molecule has 1 unspecified atom stereocenters. The minimum atomic E-state index is -0.903. The van der Waals surface area contributed by atoms with Gasteiger partial charge in [-0.15, -0.1) is 0 Å². The average Bonchev–Trinajstić information content (AvgIpc) is 3.29. The molecular formula is C26H31N3O2. The Morgan fingerprint density at radius 3 is 2.58 bits per heavy atom. The first-order valence-corrected chi connectivity index (χ1v) is 11.4. The second kappa shape index (κ2) is 8.63. The van der Waals surface area contributed by atoms with Crippen LogP contribution in [0.25, 0.3) is 0 Å². The third-order valence-corrected chi connectivity index (χ3v) is 7.12. The van der Waals surface area contributed by atoms with E-state index in [1.54, 1.807) is 7.11 Å². The highest BCUT2D eigenvalue weighted by Crippen LogP contribution is 2.35. The first kappa shape index (κ1) is 20.5. The van der Waals surface area contributed by atoms with E-state index >= 15 is 0 Å². The number of benzene rings is 1. The van der Waals surface area contributed by atoms with Crippen molar-refractivity contribution in [1.29, 1.82) is 0 Å². The van der Waals surface area contributed by atoms with E-state index in [-0.39, 0.29) is 12.0 Å². The Hall–Kier alpha value is -2.39. The summed E-state index contributed by atoms with van der Waals surface area (Å²) in [5.41, 5.74) is 2.20. The lowest BCUT2D eigenvalue weighted by Crippen LogP contribution is -2.58. The van der Waals surface area contributed by atoms with Crippen LogP contribution in [0.4, 0.5) is 5.82 Å². The Kier molecular flexibility index (Phi) is 5.71. The van der Waals surface area contributed by atoms with E-state index in [0.717, 1.165) is 68.9 Å². The monoisotopic (exact) mass is 417 g/mol. The number of nitrogens with zero attached hydrogens (tertiary/aromatic N) is 3. The van der Waals surface area contributed by atoms with Crippen LogP contribution in [-0.4, -0.2) is 66.5 Å². The molecular weight excluding hydrogens is 386 g/mol. The second-order valence-corrected chi connectivity index (χ2v) is 9.14. The molecule has 2 atom stereocenters. The Morgan fingerprint density at radius 1 is 1.10 bits per heavy atom. The molecule has 0 amide bonds. The van der Waals surface area contributed by atoms with Crippen LogP contribution in [0.5, 0.6) is 0 Å². The maximum absolute atomic E-state index is 11.2. The highest BCUT2D eigenvalue weighted by molar-refractivity contribution is 5.50. The molecule has 4 aliphatic heterocycles. The van der Waals surface area contributed by atoms with Crippen molar-refractivity contribution >= 4 is 5.82 Å². The number of piperidine rings is 3. The van der Waals surface area contributed by atoms with Gasteiger partial charge in [0, 0.05) is 44.6 Å². The lowest BCUT2D eigenvalue weighted by atomic mass is 9.75. The van der Waals surface area contributed by atoms with Crippen molar-refractivity contribution in [3.05, 3.63) is 59.3 Å². The Morgan fingerprint density at radius 2 is 1.90 bits per heavy atom. The fraction of sp³-hybridized carbons (Fsp3) is 0.500. The molecule has 162 valence electrons. The quantitative estimate of drug-likeness (QED) is 0.776. The summed E-state index contributed by atoms with van der Waals surface area (Å²) in [4.78, 5) is 9.66. The third-order valence-electron chi connectivity index (χ3n) is 7.12. The zero-order chi connectivity index (χ0) is 21.3. The number of methoxy groups -OCH3 is 1. The van der Waals surface area contributed by atoms with Crippen molar-refractivity contribution in [1.82, 2.24) is 9.88 Å². The first-order chi connectivity index (χ1) is 15.1. The summed E-state index contributed by atoms with van der Waals surface area (Å²) in [5.74, 6) is 7.87. The molecule has 5 heteroatoms. The van der Waals surface area contributed by atoms with Crippen molar-refractivity contribution in [3.63, 3.8) is 0 Å². The second-order valence-electron chi connectivity index (χ2n) is 9.14. The standard InChI is InChI=1S/C26H31N3O2/c1-31-23-12-16-29(18-23)25-8-7-21(24(27-25)17-20-5-3-2-4-6-20)9-13-26(30)19-28-14-10-22(26)11-15-28/h2-8,22-23,30H,10-12,14-19H2,1H3/t23?,26-/m1/s1. The van der Waals surface area contributed by atoms with Crippen molar-refractivity contribution in [2.24, 2.45) is 5.92 Å². The zero-order valence-corrected chi connectivity index (χ0v) is 18.3. The van der Waals surface area contributed by atoms with E-state index in [4.69, 9.17) is 9.72 Å². The number of pyridine rings is 1. The van der Waals surface area contributed by atoms with E-state index in [1.807, 2.05) is 6.07 Å². The molecule has 1 N–H and O–H groups in total. The molecule has 5 heterocycles. The summed E-state index contributed by atoms with van der Waals surface area (Å²) in [5, 5.41) is 11.2. The Bertz CT molecular complexity index is 975.